The highest BCUT2D eigenvalue weighted by Gasteiger charge is 2.27. The van der Waals surface area contributed by atoms with Gasteiger partial charge in [-0.3, -0.25) is 0 Å². The minimum atomic E-state index is -0.230. The molecular formula is C13H16FN3S. The molecule has 1 heterocycles. The van der Waals surface area contributed by atoms with Gasteiger partial charge in [0.25, 0.3) is 0 Å². The van der Waals surface area contributed by atoms with Gasteiger partial charge in [-0.05, 0) is 23.3 Å². The Morgan fingerprint density at radius 2 is 2.17 bits per heavy atom. The second-order valence-electron chi connectivity index (χ2n) is 4.04. The van der Waals surface area contributed by atoms with Gasteiger partial charge in [-0.15, -0.1) is 0 Å². The lowest BCUT2D eigenvalue weighted by atomic mass is 9.97. The highest BCUT2D eigenvalue weighted by Crippen LogP contribution is 2.36. The fourth-order valence-electron chi connectivity index (χ4n) is 2.03. The number of nitrogens with zero attached hydrogens (tertiary/aromatic N) is 1. The number of rotatable bonds is 3. The molecule has 0 saturated heterocycles. The standard InChI is InChI=1S/C13H16FN3S/c1-3-11-12(8-15)16-18-17(2)13(11)9-4-6-10(14)7-5-9/h3-7,13,16H,1,8,15H2,2H3. The molecule has 3 N–H and O–H groups in total. The highest BCUT2D eigenvalue weighted by atomic mass is 32.2. The monoisotopic (exact) mass is 265 g/mol. The van der Waals surface area contributed by atoms with Crippen LogP contribution in [-0.4, -0.2) is 17.9 Å². The molecule has 0 aromatic heterocycles. The summed E-state index contributed by atoms with van der Waals surface area (Å²) in [5, 5.41) is 0. The van der Waals surface area contributed by atoms with Crippen molar-refractivity contribution in [3.8, 4) is 0 Å². The molecule has 0 radical (unpaired) electrons. The first-order chi connectivity index (χ1) is 8.67. The van der Waals surface area contributed by atoms with E-state index in [9.17, 15) is 4.39 Å². The predicted octanol–water partition coefficient (Wildman–Crippen LogP) is 2.36. The summed E-state index contributed by atoms with van der Waals surface area (Å²) in [6.07, 6.45) is 1.80. The molecule has 5 heteroatoms. The van der Waals surface area contributed by atoms with E-state index in [4.69, 9.17) is 5.73 Å². The maximum absolute atomic E-state index is 13.0. The molecule has 18 heavy (non-hydrogen) atoms. The van der Waals surface area contributed by atoms with Gasteiger partial charge in [0, 0.05) is 31.4 Å². The largest absolute Gasteiger partial charge is 0.325 e. The SMILES string of the molecule is C=CC1=C(CN)NSN(C)C1c1ccc(F)cc1. The zero-order chi connectivity index (χ0) is 13.1. The first-order valence-electron chi connectivity index (χ1n) is 5.64. The summed E-state index contributed by atoms with van der Waals surface area (Å²) in [5.41, 5.74) is 8.73. The average Bonchev–Trinajstić information content (AvgIpc) is 2.39. The summed E-state index contributed by atoms with van der Waals surface area (Å²) in [4.78, 5) is 0. The van der Waals surface area contributed by atoms with Crippen LogP contribution in [0.2, 0.25) is 0 Å². The van der Waals surface area contributed by atoms with Gasteiger partial charge in [0.2, 0.25) is 0 Å². The Bertz CT molecular complexity index is 470. The number of nitrogens with two attached hydrogens (primary N) is 1. The minimum absolute atomic E-state index is 0.0351. The molecule has 1 aromatic carbocycles. The van der Waals surface area contributed by atoms with Gasteiger partial charge in [-0.2, -0.15) is 0 Å². The van der Waals surface area contributed by atoms with Crippen LogP contribution in [0.25, 0.3) is 0 Å². The van der Waals surface area contributed by atoms with E-state index in [0.717, 1.165) is 16.8 Å². The lowest BCUT2D eigenvalue weighted by Crippen LogP contribution is -2.33. The van der Waals surface area contributed by atoms with Gasteiger partial charge in [0.15, 0.2) is 0 Å². The quantitative estimate of drug-likeness (QED) is 0.823. The first-order valence-corrected chi connectivity index (χ1v) is 6.41. The maximum atomic E-state index is 13.0. The summed E-state index contributed by atoms with van der Waals surface area (Å²) in [6.45, 7) is 4.28. The predicted molar refractivity (Wildman–Crippen MR) is 73.9 cm³/mol. The van der Waals surface area contributed by atoms with E-state index in [2.05, 4.69) is 15.6 Å². The zero-order valence-corrected chi connectivity index (χ0v) is 11.0. The van der Waals surface area contributed by atoms with Gasteiger partial charge >= 0.3 is 0 Å². The van der Waals surface area contributed by atoms with E-state index < -0.39 is 0 Å². The van der Waals surface area contributed by atoms with E-state index in [1.807, 2.05) is 7.05 Å². The average molecular weight is 265 g/mol. The second kappa shape index (κ2) is 5.56. The van der Waals surface area contributed by atoms with Crippen LogP contribution in [0, 0.1) is 5.82 Å². The molecule has 1 aromatic rings. The molecule has 1 aliphatic heterocycles. The minimum Gasteiger partial charge on any atom is -0.325 e. The highest BCUT2D eigenvalue weighted by molar-refractivity contribution is 7.95. The van der Waals surface area contributed by atoms with Gasteiger partial charge in [0.1, 0.15) is 5.82 Å². The van der Waals surface area contributed by atoms with Gasteiger partial charge in [0.05, 0.1) is 6.04 Å². The molecule has 0 fully saturated rings. The number of benzene rings is 1. The fraction of sp³-hybridized carbons (Fsp3) is 0.231. The molecule has 1 atom stereocenters. The van der Waals surface area contributed by atoms with E-state index >= 15 is 0 Å². The van der Waals surface area contributed by atoms with Crippen molar-refractivity contribution in [2.75, 3.05) is 13.6 Å². The maximum Gasteiger partial charge on any atom is 0.123 e. The summed E-state index contributed by atoms with van der Waals surface area (Å²) in [5.74, 6) is -0.230. The third-order valence-corrected chi connectivity index (χ3v) is 3.77. The molecule has 1 aliphatic rings. The van der Waals surface area contributed by atoms with Crippen molar-refractivity contribution in [3.05, 3.63) is 59.6 Å². The second-order valence-corrected chi connectivity index (χ2v) is 5.00. The number of likely N-dealkylation sites (N-methyl/N-ethyl adjacent to an activating group) is 1. The summed E-state index contributed by atoms with van der Waals surface area (Å²) in [7, 11) is 1.97. The van der Waals surface area contributed by atoms with Gasteiger partial charge in [-0.25, -0.2) is 8.70 Å². The van der Waals surface area contributed by atoms with E-state index in [1.54, 1.807) is 18.2 Å². The van der Waals surface area contributed by atoms with Crippen molar-refractivity contribution >= 4 is 12.1 Å². The van der Waals surface area contributed by atoms with Crippen LogP contribution in [0.5, 0.6) is 0 Å². The normalized spacial score (nSPS) is 20.7. The van der Waals surface area contributed by atoms with E-state index in [-0.39, 0.29) is 11.9 Å². The molecule has 0 aliphatic carbocycles. The third kappa shape index (κ3) is 2.43. The molecule has 2 rings (SSSR count). The summed E-state index contributed by atoms with van der Waals surface area (Å²) >= 11 is 1.48. The Labute approximate surface area is 111 Å². The Morgan fingerprint density at radius 3 is 2.72 bits per heavy atom. The Kier molecular flexibility index (Phi) is 4.06. The van der Waals surface area contributed by atoms with Crippen molar-refractivity contribution in [3.63, 3.8) is 0 Å². The van der Waals surface area contributed by atoms with Crippen molar-refractivity contribution in [1.82, 2.24) is 9.03 Å². The Morgan fingerprint density at radius 1 is 1.50 bits per heavy atom. The van der Waals surface area contributed by atoms with Gasteiger partial charge in [-0.1, -0.05) is 24.8 Å². The smallest absolute Gasteiger partial charge is 0.123 e. The van der Waals surface area contributed by atoms with Crippen LogP contribution in [0.1, 0.15) is 11.6 Å². The molecule has 0 saturated carbocycles. The number of nitrogens with one attached hydrogen (secondary N) is 1. The topological polar surface area (TPSA) is 41.3 Å². The number of hydrogen-bond acceptors (Lipinski definition) is 4. The molecule has 1 unspecified atom stereocenters. The number of hydrogen-bond donors (Lipinski definition) is 2. The van der Waals surface area contributed by atoms with Crippen molar-refractivity contribution in [1.29, 1.82) is 0 Å². The van der Waals surface area contributed by atoms with Crippen molar-refractivity contribution in [2.45, 2.75) is 6.04 Å². The summed E-state index contributed by atoms with van der Waals surface area (Å²) < 4.78 is 18.2. The van der Waals surface area contributed by atoms with Crippen LogP contribution in [-0.2, 0) is 0 Å². The van der Waals surface area contributed by atoms with Crippen LogP contribution in [0.15, 0.2) is 48.2 Å². The molecule has 0 bridgehead atoms. The van der Waals surface area contributed by atoms with Crippen LogP contribution < -0.4 is 10.5 Å². The van der Waals surface area contributed by atoms with Gasteiger partial charge < -0.3 is 10.5 Å². The molecule has 3 nitrogen and oxygen atoms in total. The van der Waals surface area contributed by atoms with Crippen LogP contribution >= 0.6 is 12.1 Å². The fourth-order valence-corrected chi connectivity index (χ4v) is 2.82. The van der Waals surface area contributed by atoms with E-state index in [0.29, 0.717) is 6.54 Å². The molecular weight excluding hydrogens is 249 g/mol. The Hall–Kier alpha value is -1.30. The molecule has 0 amide bonds. The molecule has 0 spiro atoms. The van der Waals surface area contributed by atoms with Crippen LogP contribution in [0.3, 0.4) is 0 Å². The van der Waals surface area contributed by atoms with Crippen molar-refractivity contribution in [2.24, 2.45) is 5.73 Å². The first kappa shape index (κ1) is 13.1. The van der Waals surface area contributed by atoms with E-state index in [1.165, 1.54) is 24.3 Å². The van der Waals surface area contributed by atoms with Crippen LogP contribution in [0.4, 0.5) is 4.39 Å². The third-order valence-electron chi connectivity index (χ3n) is 2.93. The zero-order valence-electron chi connectivity index (χ0n) is 10.2. The summed E-state index contributed by atoms with van der Waals surface area (Å²) in [6, 6.07) is 6.56. The molecule has 96 valence electrons. The lowest BCUT2D eigenvalue weighted by Gasteiger charge is -2.34. The number of halogens is 1. The Balaban J connectivity index is 2.44. The van der Waals surface area contributed by atoms with Crippen molar-refractivity contribution < 1.29 is 4.39 Å². The lowest BCUT2D eigenvalue weighted by molar-refractivity contribution is 0.462.